The van der Waals surface area contributed by atoms with Crippen LogP contribution in [-0.2, 0) is 4.79 Å². The molecule has 5 nitrogen and oxygen atoms in total. The molecule has 1 saturated carbocycles. The Bertz CT molecular complexity index is 749. The minimum absolute atomic E-state index is 0.300. The number of aryl methyl sites for hydroxylation is 1. The van der Waals surface area contributed by atoms with Gasteiger partial charge in [0.05, 0.1) is 6.04 Å². The minimum Gasteiger partial charge on any atom is -0.341 e. The molecule has 1 atom stereocenters. The Hall–Kier alpha value is -2.17. The number of rotatable bonds is 4. The van der Waals surface area contributed by atoms with Crippen LogP contribution in [0.1, 0.15) is 56.7 Å². The van der Waals surface area contributed by atoms with E-state index in [2.05, 4.69) is 32.4 Å². The minimum atomic E-state index is 0.300. The zero-order valence-electron chi connectivity index (χ0n) is 15.6. The first-order chi connectivity index (χ1) is 12.7. The van der Waals surface area contributed by atoms with Crippen molar-refractivity contribution in [3.63, 3.8) is 0 Å². The molecule has 4 rings (SSSR count). The third kappa shape index (κ3) is 3.53. The highest BCUT2D eigenvalue weighted by atomic mass is 16.2. The van der Waals surface area contributed by atoms with E-state index in [1.54, 1.807) is 6.20 Å². The van der Waals surface area contributed by atoms with Gasteiger partial charge in [-0.1, -0.05) is 12.8 Å². The molecule has 138 valence electrons. The second-order valence-electron chi connectivity index (χ2n) is 7.83. The number of piperidine rings is 1. The summed E-state index contributed by atoms with van der Waals surface area (Å²) in [6.07, 6.45) is 13.5. The topological polar surface area (TPSA) is 51.0 Å². The fourth-order valence-corrected chi connectivity index (χ4v) is 4.60. The fourth-order valence-electron chi connectivity index (χ4n) is 4.60. The van der Waals surface area contributed by atoms with Gasteiger partial charge in [0.1, 0.15) is 5.82 Å². The van der Waals surface area contributed by atoms with Crippen LogP contribution >= 0.6 is 0 Å². The van der Waals surface area contributed by atoms with Gasteiger partial charge in [-0.05, 0) is 50.7 Å². The largest absolute Gasteiger partial charge is 0.341 e. The summed E-state index contributed by atoms with van der Waals surface area (Å²) in [5.74, 6) is 1.93. The van der Waals surface area contributed by atoms with Crippen molar-refractivity contribution in [2.24, 2.45) is 5.92 Å². The van der Waals surface area contributed by atoms with Crippen LogP contribution < -0.4 is 0 Å². The van der Waals surface area contributed by atoms with E-state index in [0.717, 1.165) is 49.4 Å². The van der Waals surface area contributed by atoms with Gasteiger partial charge in [-0.3, -0.25) is 9.78 Å². The van der Waals surface area contributed by atoms with Gasteiger partial charge in [-0.15, -0.1) is 0 Å². The number of likely N-dealkylation sites (tertiary alicyclic amines) is 1. The summed E-state index contributed by atoms with van der Waals surface area (Å²) in [4.78, 5) is 23.8. The van der Waals surface area contributed by atoms with Gasteiger partial charge < -0.3 is 9.47 Å². The number of amides is 1. The van der Waals surface area contributed by atoms with E-state index in [9.17, 15) is 4.79 Å². The van der Waals surface area contributed by atoms with Crippen molar-refractivity contribution in [1.29, 1.82) is 0 Å². The van der Waals surface area contributed by atoms with Gasteiger partial charge in [0.15, 0.2) is 0 Å². The zero-order valence-corrected chi connectivity index (χ0v) is 15.6. The van der Waals surface area contributed by atoms with Crippen molar-refractivity contribution in [3.05, 3.63) is 36.4 Å². The second-order valence-corrected chi connectivity index (χ2v) is 7.83. The van der Waals surface area contributed by atoms with Gasteiger partial charge in [0.25, 0.3) is 0 Å². The molecule has 1 aliphatic heterocycles. The van der Waals surface area contributed by atoms with E-state index >= 15 is 0 Å². The Morgan fingerprint density at radius 1 is 1.19 bits per heavy atom. The highest BCUT2D eigenvalue weighted by Crippen LogP contribution is 2.31. The highest BCUT2D eigenvalue weighted by molar-refractivity contribution is 5.76. The summed E-state index contributed by atoms with van der Waals surface area (Å²) in [7, 11) is 0. The fraction of sp³-hybridized carbons (Fsp3) is 0.571. The summed E-state index contributed by atoms with van der Waals surface area (Å²) in [5.41, 5.74) is 2.19. The van der Waals surface area contributed by atoms with Crippen LogP contribution in [0.2, 0.25) is 0 Å². The van der Waals surface area contributed by atoms with Crippen LogP contribution in [0.5, 0.6) is 0 Å². The van der Waals surface area contributed by atoms with Gasteiger partial charge in [0.2, 0.25) is 5.91 Å². The molecule has 2 aromatic rings. The monoisotopic (exact) mass is 352 g/mol. The quantitative estimate of drug-likeness (QED) is 0.836. The summed E-state index contributed by atoms with van der Waals surface area (Å²) in [6, 6.07) is 4.30. The van der Waals surface area contributed by atoms with Crippen molar-refractivity contribution in [3.8, 4) is 11.4 Å². The van der Waals surface area contributed by atoms with Gasteiger partial charge in [0, 0.05) is 49.4 Å². The number of carbonyl (C=O) groups excluding carboxylic acids is 1. The number of hydrogen-bond acceptors (Lipinski definition) is 3. The molecule has 2 aromatic heterocycles. The molecule has 1 unspecified atom stereocenters. The SMILES string of the molecule is Cc1cnc(-c2cccnc2)n1C1CCCN(C(=O)CC2CCCC2)C1. The van der Waals surface area contributed by atoms with Crippen molar-refractivity contribution in [2.75, 3.05) is 13.1 Å². The lowest BCUT2D eigenvalue weighted by molar-refractivity contribution is -0.133. The number of hydrogen-bond donors (Lipinski definition) is 0. The van der Waals surface area contributed by atoms with Gasteiger partial charge in [-0.25, -0.2) is 4.98 Å². The Morgan fingerprint density at radius 3 is 2.81 bits per heavy atom. The smallest absolute Gasteiger partial charge is 0.222 e. The lowest BCUT2D eigenvalue weighted by Crippen LogP contribution is -2.41. The van der Waals surface area contributed by atoms with E-state index in [0.29, 0.717) is 17.9 Å². The number of imidazole rings is 1. The summed E-state index contributed by atoms with van der Waals surface area (Å²) >= 11 is 0. The van der Waals surface area contributed by atoms with Crippen molar-refractivity contribution >= 4 is 5.91 Å². The Labute approximate surface area is 155 Å². The van der Waals surface area contributed by atoms with E-state index in [1.165, 1.54) is 25.7 Å². The van der Waals surface area contributed by atoms with Gasteiger partial charge >= 0.3 is 0 Å². The van der Waals surface area contributed by atoms with Crippen LogP contribution in [0.15, 0.2) is 30.7 Å². The van der Waals surface area contributed by atoms with E-state index in [-0.39, 0.29) is 0 Å². The number of nitrogens with zero attached hydrogens (tertiary/aromatic N) is 4. The molecule has 0 aromatic carbocycles. The van der Waals surface area contributed by atoms with E-state index in [1.807, 2.05) is 18.5 Å². The summed E-state index contributed by atoms with van der Waals surface area (Å²) in [5, 5.41) is 0. The predicted octanol–water partition coefficient (Wildman–Crippen LogP) is 4.00. The van der Waals surface area contributed by atoms with Crippen LogP contribution in [0.25, 0.3) is 11.4 Å². The zero-order chi connectivity index (χ0) is 17.9. The van der Waals surface area contributed by atoms with Crippen LogP contribution in [0.3, 0.4) is 0 Å². The molecule has 2 fully saturated rings. The first-order valence-electron chi connectivity index (χ1n) is 9.94. The molecule has 0 bridgehead atoms. The lowest BCUT2D eigenvalue weighted by atomic mass is 10.00. The normalized spacial score (nSPS) is 21.3. The molecule has 0 spiro atoms. The summed E-state index contributed by atoms with van der Waals surface area (Å²) < 4.78 is 2.31. The van der Waals surface area contributed by atoms with E-state index in [4.69, 9.17) is 0 Å². The molecule has 2 aliphatic rings. The second kappa shape index (κ2) is 7.60. The molecule has 5 heteroatoms. The molecule has 1 amide bonds. The molecule has 3 heterocycles. The van der Waals surface area contributed by atoms with Crippen molar-refractivity contribution in [2.45, 2.75) is 57.9 Å². The molecule has 0 radical (unpaired) electrons. The number of aromatic nitrogens is 3. The van der Waals surface area contributed by atoms with Gasteiger partial charge in [-0.2, -0.15) is 0 Å². The Morgan fingerprint density at radius 2 is 2.04 bits per heavy atom. The summed E-state index contributed by atoms with van der Waals surface area (Å²) in [6.45, 7) is 3.81. The third-order valence-electron chi connectivity index (χ3n) is 5.95. The number of pyridine rings is 1. The predicted molar refractivity (Wildman–Crippen MR) is 102 cm³/mol. The van der Waals surface area contributed by atoms with Crippen molar-refractivity contribution < 1.29 is 4.79 Å². The molecular formula is C21H28N4O. The molecular weight excluding hydrogens is 324 g/mol. The van der Waals surface area contributed by atoms with Crippen LogP contribution in [0.4, 0.5) is 0 Å². The molecule has 0 N–H and O–H groups in total. The maximum Gasteiger partial charge on any atom is 0.222 e. The average molecular weight is 352 g/mol. The molecule has 1 saturated heterocycles. The first-order valence-corrected chi connectivity index (χ1v) is 9.94. The standard InChI is InChI=1S/C21H28N4O/c1-16-13-23-21(18-8-4-10-22-14-18)25(16)19-9-5-11-24(15-19)20(26)12-17-6-2-3-7-17/h4,8,10,13-14,17,19H,2-3,5-7,9,11-12,15H2,1H3. The Kier molecular flexibility index (Phi) is 5.05. The van der Waals surface area contributed by atoms with Crippen LogP contribution in [0, 0.1) is 12.8 Å². The highest BCUT2D eigenvalue weighted by Gasteiger charge is 2.29. The van der Waals surface area contributed by atoms with Crippen LogP contribution in [-0.4, -0.2) is 38.4 Å². The first kappa shape index (κ1) is 17.3. The van der Waals surface area contributed by atoms with E-state index < -0.39 is 0 Å². The van der Waals surface area contributed by atoms with Crippen molar-refractivity contribution in [1.82, 2.24) is 19.4 Å². The average Bonchev–Trinajstić information content (AvgIpc) is 3.32. The molecule has 26 heavy (non-hydrogen) atoms. The lowest BCUT2D eigenvalue weighted by Gasteiger charge is -2.35. The third-order valence-corrected chi connectivity index (χ3v) is 5.95. The maximum absolute atomic E-state index is 12.8. The Balaban J connectivity index is 1.51. The number of carbonyl (C=O) groups is 1. The maximum atomic E-state index is 12.8. The molecule has 1 aliphatic carbocycles.